The van der Waals surface area contributed by atoms with E-state index in [4.69, 9.17) is 4.42 Å². The third-order valence-corrected chi connectivity index (χ3v) is 6.42. The minimum absolute atomic E-state index is 0.204. The summed E-state index contributed by atoms with van der Waals surface area (Å²) in [7, 11) is 0. The SMILES string of the molecule is Cc1ccc(C(=O)Nc2ccc3c(c2)cc(C(=O)NCc2ccco2)n3Cc2ccc(F)cc2)cc1C. The minimum atomic E-state index is -0.318. The molecule has 5 rings (SSSR count). The Morgan fingerprint density at radius 3 is 2.43 bits per heavy atom. The van der Waals surface area contributed by atoms with Gasteiger partial charge in [0.2, 0.25) is 0 Å². The summed E-state index contributed by atoms with van der Waals surface area (Å²) in [4.78, 5) is 26.0. The number of furan rings is 1. The number of fused-ring (bicyclic) bond motifs is 1. The summed E-state index contributed by atoms with van der Waals surface area (Å²) < 4.78 is 20.7. The van der Waals surface area contributed by atoms with Crippen LogP contribution in [0.3, 0.4) is 0 Å². The van der Waals surface area contributed by atoms with Crippen molar-refractivity contribution in [1.82, 2.24) is 9.88 Å². The Kier molecular flexibility index (Phi) is 6.60. The fraction of sp³-hybridized carbons (Fsp3) is 0.133. The fourth-order valence-electron chi connectivity index (χ4n) is 4.24. The van der Waals surface area contributed by atoms with Gasteiger partial charge in [-0.25, -0.2) is 4.39 Å². The van der Waals surface area contributed by atoms with Crippen LogP contribution in [-0.2, 0) is 13.1 Å². The lowest BCUT2D eigenvalue weighted by Crippen LogP contribution is -2.25. The van der Waals surface area contributed by atoms with E-state index >= 15 is 0 Å². The number of halogens is 1. The van der Waals surface area contributed by atoms with Crippen LogP contribution < -0.4 is 10.6 Å². The lowest BCUT2D eigenvalue weighted by atomic mass is 10.1. The molecule has 0 radical (unpaired) electrons. The summed E-state index contributed by atoms with van der Waals surface area (Å²) in [5.41, 5.74) is 5.49. The molecule has 7 heteroatoms. The van der Waals surface area contributed by atoms with Crippen molar-refractivity contribution in [2.75, 3.05) is 5.32 Å². The Bertz CT molecular complexity index is 1580. The van der Waals surface area contributed by atoms with Crippen molar-refractivity contribution < 1.29 is 18.4 Å². The molecule has 0 atom stereocenters. The summed E-state index contributed by atoms with van der Waals surface area (Å²) in [6.45, 7) is 4.60. The zero-order chi connectivity index (χ0) is 25.9. The van der Waals surface area contributed by atoms with Gasteiger partial charge in [-0.1, -0.05) is 18.2 Å². The van der Waals surface area contributed by atoms with Crippen LogP contribution in [0.1, 0.15) is 43.3 Å². The smallest absolute Gasteiger partial charge is 0.268 e. The van der Waals surface area contributed by atoms with Crippen LogP contribution in [0.15, 0.2) is 89.5 Å². The highest BCUT2D eigenvalue weighted by molar-refractivity contribution is 6.06. The van der Waals surface area contributed by atoms with Crippen molar-refractivity contribution in [3.63, 3.8) is 0 Å². The van der Waals surface area contributed by atoms with Crippen molar-refractivity contribution in [2.45, 2.75) is 26.9 Å². The number of hydrogen-bond acceptors (Lipinski definition) is 3. The van der Waals surface area contributed by atoms with E-state index in [9.17, 15) is 14.0 Å². The molecule has 0 aliphatic carbocycles. The molecule has 0 aliphatic rings. The maximum absolute atomic E-state index is 13.5. The molecule has 6 nitrogen and oxygen atoms in total. The molecule has 0 bridgehead atoms. The quantitative estimate of drug-likeness (QED) is 0.281. The predicted octanol–water partition coefficient (Wildman–Crippen LogP) is 6.22. The largest absolute Gasteiger partial charge is 0.467 e. The molecule has 0 aliphatic heterocycles. The molecule has 186 valence electrons. The van der Waals surface area contributed by atoms with Gasteiger partial charge in [-0.15, -0.1) is 0 Å². The number of amides is 2. The average molecular weight is 496 g/mol. The van der Waals surface area contributed by atoms with Crippen LogP contribution in [0.4, 0.5) is 10.1 Å². The molecule has 2 N–H and O–H groups in total. The van der Waals surface area contributed by atoms with E-state index in [2.05, 4.69) is 10.6 Å². The first-order valence-electron chi connectivity index (χ1n) is 11.9. The number of aryl methyl sites for hydroxylation is 2. The minimum Gasteiger partial charge on any atom is -0.467 e. The van der Waals surface area contributed by atoms with Gasteiger partial charge in [-0.05, 0) is 91.2 Å². The van der Waals surface area contributed by atoms with Gasteiger partial charge in [-0.2, -0.15) is 0 Å². The van der Waals surface area contributed by atoms with Crippen LogP contribution in [0.2, 0.25) is 0 Å². The van der Waals surface area contributed by atoms with Crippen molar-refractivity contribution in [2.24, 2.45) is 0 Å². The molecule has 0 saturated heterocycles. The van der Waals surface area contributed by atoms with E-state index in [1.165, 1.54) is 12.1 Å². The monoisotopic (exact) mass is 495 g/mol. The fourth-order valence-corrected chi connectivity index (χ4v) is 4.24. The Balaban J connectivity index is 1.46. The van der Waals surface area contributed by atoms with Gasteiger partial charge in [0.15, 0.2) is 0 Å². The van der Waals surface area contributed by atoms with Crippen LogP contribution in [-0.4, -0.2) is 16.4 Å². The molecule has 2 amide bonds. The Labute approximate surface area is 213 Å². The van der Waals surface area contributed by atoms with E-state index < -0.39 is 0 Å². The standard InChI is InChI=1S/C30H26FN3O3/c1-19-5-8-22(14-20(19)2)29(35)33-25-11-12-27-23(15-25)16-28(30(36)32-17-26-4-3-13-37-26)34(27)18-21-6-9-24(31)10-7-21/h3-16H,17-18H2,1-2H3,(H,32,36)(H,33,35). The molecule has 0 fully saturated rings. The van der Waals surface area contributed by atoms with E-state index in [1.807, 2.05) is 48.7 Å². The molecule has 2 heterocycles. The third-order valence-electron chi connectivity index (χ3n) is 6.42. The number of nitrogens with zero attached hydrogens (tertiary/aromatic N) is 1. The summed E-state index contributed by atoms with van der Waals surface area (Å²) >= 11 is 0. The maximum atomic E-state index is 13.5. The summed E-state index contributed by atoms with van der Waals surface area (Å²) in [5, 5.41) is 6.64. The summed E-state index contributed by atoms with van der Waals surface area (Å²) in [6, 6.07) is 22.7. The normalized spacial score (nSPS) is 11.0. The number of aromatic nitrogens is 1. The second-order valence-electron chi connectivity index (χ2n) is 9.03. The van der Waals surface area contributed by atoms with E-state index in [0.717, 1.165) is 27.6 Å². The molecule has 2 aromatic heterocycles. The van der Waals surface area contributed by atoms with Crippen molar-refractivity contribution >= 4 is 28.4 Å². The van der Waals surface area contributed by atoms with Gasteiger partial charge in [0.25, 0.3) is 11.8 Å². The molecule has 37 heavy (non-hydrogen) atoms. The topological polar surface area (TPSA) is 76.3 Å². The van der Waals surface area contributed by atoms with Crippen LogP contribution in [0.5, 0.6) is 0 Å². The summed E-state index contributed by atoms with van der Waals surface area (Å²) in [5.74, 6) is -0.146. The van der Waals surface area contributed by atoms with Crippen molar-refractivity contribution in [3.05, 3.63) is 125 Å². The highest BCUT2D eigenvalue weighted by atomic mass is 19.1. The highest BCUT2D eigenvalue weighted by Crippen LogP contribution is 2.26. The lowest BCUT2D eigenvalue weighted by molar-refractivity contribution is 0.0939. The van der Waals surface area contributed by atoms with Crippen LogP contribution in [0.25, 0.3) is 10.9 Å². The van der Waals surface area contributed by atoms with Gasteiger partial charge in [-0.3, -0.25) is 9.59 Å². The number of rotatable bonds is 7. The van der Waals surface area contributed by atoms with Crippen LogP contribution >= 0.6 is 0 Å². The Hall–Kier alpha value is -4.65. The lowest BCUT2D eigenvalue weighted by Gasteiger charge is -2.12. The van der Waals surface area contributed by atoms with E-state index in [1.54, 1.807) is 42.7 Å². The number of benzene rings is 3. The van der Waals surface area contributed by atoms with Gasteiger partial charge in [0, 0.05) is 28.7 Å². The zero-order valence-electron chi connectivity index (χ0n) is 20.5. The first kappa shape index (κ1) is 24.1. The number of nitrogens with one attached hydrogen (secondary N) is 2. The predicted molar refractivity (Wildman–Crippen MR) is 141 cm³/mol. The first-order chi connectivity index (χ1) is 17.9. The van der Waals surface area contributed by atoms with E-state index in [0.29, 0.717) is 29.2 Å². The van der Waals surface area contributed by atoms with Gasteiger partial charge < -0.3 is 19.6 Å². The number of carbonyl (C=O) groups is 2. The second kappa shape index (κ2) is 10.1. The molecule has 0 saturated carbocycles. The Morgan fingerprint density at radius 2 is 1.70 bits per heavy atom. The third kappa shape index (κ3) is 5.30. The maximum Gasteiger partial charge on any atom is 0.268 e. The van der Waals surface area contributed by atoms with Crippen molar-refractivity contribution in [1.29, 1.82) is 0 Å². The van der Waals surface area contributed by atoms with E-state index in [-0.39, 0.29) is 24.2 Å². The molecule has 5 aromatic rings. The molecule has 0 unspecified atom stereocenters. The number of hydrogen-bond donors (Lipinski definition) is 2. The molecule has 0 spiro atoms. The first-order valence-corrected chi connectivity index (χ1v) is 11.9. The summed E-state index contributed by atoms with van der Waals surface area (Å²) in [6.07, 6.45) is 1.56. The zero-order valence-corrected chi connectivity index (χ0v) is 20.5. The van der Waals surface area contributed by atoms with Crippen molar-refractivity contribution in [3.8, 4) is 0 Å². The Morgan fingerprint density at radius 1 is 0.892 bits per heavy atom. The molecular weight excluding hydrogens is 469 g/mol. The molecular formula is C30H26FN3O3. The van der Waals surface area contributed by atoms with Crippen LogP contribution in [0, 0.1) is 19.7 Å². The van der Waals surface area contributed by atoms with Gasteiger partial charge in [0.1, 0.15) is 17.3 Å². The number of anilines is 1. The average Bonchev–Trinajstić information content (AvgIpc) is 3.53. The number of carbonyl (C=O) groups excluding carboxylic acids is 2. The highest BCUT2D eigenvalue weighted by Gasteiger charge is 2.17. The second-order valence-corrected chi connectivity index (χ2v) is 9.03. The van der Waals surface area contributed by atoms with Gasteiger partial charge in [0.05, 0.1) is 12.8 Å². The van der Waals surface area contributed by atoms with Gasteiger partial charge >= 0.3 is 0 Å². The molecule has 3 aromatic carbocycles.